The number of carbonyl (C=O) groups is 2. The topological polar surface area (TPSA) is 124 Å². The fourth-order valence-corrected chi connectivity index (χ4v) is 3.65. The van der Waals surface area contributed by atoms with Crippen LogP contribution in [0.15, 0.2) is 46.6 Å². The maximum Gasteiger partial charge on any atom is 0.257 e. The van der Waals surface area contributed by atoms with Gasteiger partial charge in [-0.15, -0.1) is 0 Å². The van der Waals surface area contributed by atoms with E-state index in [9.17, 15) is 9.59 Å². The molecular formula is C24H30N4O4. The molecule has 2 aliphatic rings. The van der Waals surface area contributed by atoms with Gasteiger partial charge in [0.25, 0.3) is 11.8 Å². The predicted molar refractivity (Wildman–Crippen MR) is 121 cm³/mol. The summed E-state index contributed by atoms with van der Waals surface area (Å²) in [7, 11) is 0. The average molecular weight is 439 g/mol. The Morgan fingerprint density at radius 2 is 1.19 bits per heavy atom. The first-order chi connectivity index (χ1) is 14.8. The van der Waals surface area contributed by atoms with E-state index in [4.69, 9.17) is 20.3 Å². The maximum absolute atomic E-state index is 12.6. The molecule has 0 aliphatic carbocycles. The van der Waals surface area contributed by atoms with Gasteiger partial charge in [0.1, 0.15) is 22.3 Å². The normalized spacial score (nSPS) is 19.1. The van der Waals surface area contributed by atoms with E-state index in [0.717, 1.165) is 22.3 Å². The summed E-state index contributed by atoms with van der Waals surface area (Å²) in [5, 5.41) is 21.6. The van der Waals surface area contributed by atoms with E-state index in [1.54, 1.807) is 13.8 Å². The molecule has 0 atom stereocenters. The van der Waals surface area contributed by atoms with Crippen LogP contribution in [-0.2, 0) is 32.2 Å². The minimum absolute atomic E-state index is 0.115. The zero-order valence-electron chi connectivity index (χ0n) is 19.4. The Morgan fingerprint density at radius 3 is 1.50 bits per heavy atom. The molecule has 0 spiro atoms. The number of nitrogens with one attached hydrogen (secondary N) is 4. The van der Waals surface area contributed by atoms with Crippen molar-refractivity contribution in [1.29, 1.82) is 10.8 Å². The molecule has 32 heavy (non-hydrogen) atoms. The number of ether oxygens (including phenoxy) is 2. The highest BCUT2D eigenvalue weighted by atomic mass is 16.5. The second-order valence-corrected chi connectivity index (χ2v) is 9.07. The molecule has 0 saturated carbocycles. The van der Waals surface area contributed by atoms with E-state index in [1.807, 2.05) is 52.0 Å². The lowest BCUT2D eigenvalue weighted by molar-refractivity contribution is -0.118. The Bertz CT molecular complexity index is 998. The molecule has 2 heterocycles. The van der Waals surface area contributed by atoms with Crippen molar-refractivity contribution < 1.29 is 19.1 Å². The van der Waals surface area contributed by atoms with Gasteiger partial charge in [-0.05, 0) is 63.8 Å². The molecule has 1 aromatic carbocycles. The second kappa shape index (κ2) is 8.26. The standard InChI is InChI=1S/C24H30N4O4/c1-13-17(19(25)31-23(13,3)4)21(29)27-11-15-8-7-9-16(10-15)12-28-22(30)18-14(2)24(5,6)32-20(18)26/h7-10,25-26H,11-12H2,1-6H3,(H,27,29)(H,28,30). The largest absolute Gasteiger partial charge is 0.467 e. The number of carbonyl (C=O) groups excluding carboxylic acids is 2. The predicted octanol–water partition coefficient (Wildman–Crippen LogP) is 3.12. The van der Waals surface area contributed by atoms with Gasteiger partial charge in [-0.25, -0.2) is 0 Å². The van der Waals surface area contributed by atoms with Crippen LogP contribution in [0, 0.1) is 10.8 Å². The van der Waals surface area contributed by atoms with Gasteiger partial charge >= 0.3 is 0 Å². The van der Waals surface area contributed by atoms with Crippen molar-refractivity contribution in [3.63, 3.8) is 0 Å². The molecule has 0 saturated heterocycles. The van der Waals surface area contributed by atoms with Gasteiger partial charge in [0.15, 0.2) is 0 Å². The molecule has 0 fully saturated rings. The average Bonchev–Trinajstić information content (AvgIpc) is 3.04. The first kappa shape index (κ1) is 23.2. The van der Waals surface area contributed by atoms with Crippen LogP contribution < -0.4 is 10.6 Å². The van der Waals surface area contributed by atoms with Crippen molar-refractivity contribution in [3.05, 3.63) is 57.7 Å². The summed E-state index contributed by atoms with van der Waals surface area (Å²) in [6, 6.07) is 7.50. The molecule has 8 heteroatoms. The van der Waals surface area contributed by atoms with Crippen molar-refractivity contribution in [2.45, 2.75) is 65.8 Å². The van der Waals surface area contributed by atoms with Gasteiger partial charge in [0.2, 0.25) is 11.8 Å². The molecule has 0 aromatic heterocycles. The van der Waals surface area contributed by atoms with Crippen LogP contribution in [0.3, 0.4) is 0 Å². The number of hydrogen-bond donors (Lipinski definition) is 4. The number of hydrogen-bond acceptors (Lipinski definition) is 6. The van der Waals surface area contributed by atoms with Crippen LogP contribution in [0.25, 0.3) is 0 Å². The van der Waals surface area contributed by atoms with Crippen molar-refractivity contribution in [1.82, 2.24) is 10.6 Å². The van der Waals surface area contributed by atoms with Crippen LogP contribution in [0.5, 0.6) is 0 Å². The fourth-order valence-electron chi connectivity index (χ4n) is 3.65. The molecule has 170 valence electrons. The Kier molecular flexibility index (Phi) is 6.00. The number of amides is 2. The second-order valence-electron chi connectivity index (χ2n) is 9.07. The van der Waals surface area contributed by atoms with Gasteiger partial charge in [0.05, 0.1) is 0 Å². The first-order valence-corrected chi connectivity index (χ1v) is 10.5. The number of benzene rings is 1. The summed E-state index contributed by atoms with van der Waals surface area (Å²) < 4.78 is 10.9. The third-order valence-electron chi connectivity index (χ3n) is 6.08. The molecule has 3 rings (SSSR count). The summed E-state index contributed by atoms with van der Waals surface area (Å²) in [6.07, 6.45) is 0. The molecule has 1 aromatic rings. The molecule has 8 nitrogen and oxygen atoms in total. The summed E-state index contributed by atoms with van der Waals surface area (Å²) >= 11 is 0. The van der Waals surface area contributed by atoms with E-state index in [2.05, 4.69) is 10.6 Å². The van der Waals surface area contributed by atoms with Crippen molar-refractivity contribution >= 4 is 23.6 Å². The lowest BCUT2D eigenvalue weighted by Gasteiger charge is -2.18. The molecule has 4 N–H and O–H groups in total. The van der Waals surface area contributed by atoms with Gasteiger partial charge < -0.3 is 20.1 Å². The summed E-state index contributed by atoms with van der Waals surface area (Å²) in [4.78, 5) is 25.2. The Morgan fingerprint density at radius 1 is 0.812 bits per heavy atom. The minimum Gasteiger partial charge on any atom is -0.467 e. The fraction of sp³-hybridized carbons (Fsp3) is 0.417. The highest BCUT2D eigenvalue weighted by molar-refractivity contribution is 6.20. The lowest BCUT2D eigenvalue weighted by atomic mass is 9.97. The highest BCUT2D eigenvalue weighted by Crippen LogP contribution is 2.33. The summed E-state index contributed by atoms with van der Waals surface area (Å²) in [5.74, 6) is -0.922. The molecule has 0 bridgehead atoms. The zero-order chi connectivity index (χ0) is 23.8. The van der Waals surface area contributed by atoms with Crippen LogP contribution >= 0.6 is 0 Å². The van der Waals surface area contributed by atoms with E-state index >= 15 is 0 Å². The van der Waals surface area contributed by atoms with Crippen molar-refractivity contribution in [3.8, 4) is 0 Å². The Hall–Kier alpha value is -3.42. The lowest BCUT2D eigenvalue weighted by Crippen LogP contribution is -2.28. The van der Waals surface area contributed by atoms with Gasteiger partial charge in [-0.2, -0.15) is 0 Å². The van der Waals surface area contributed by atoms with Crippen LogP contribution in [-0.4, -0.2) is 34.8 Å². The van der Waals surface area contributed by atoms with Gasteiger partial charge in [0, 0.05) is 13.1 Å². The monoisotopic (exact) mass is 438 g/mol. The zero-order valence-corrected chi connectivity index (χ0v) is 19.4. The quantitative estimate of drug-likeness (QED) is 0.545. The van der Waals surface area contributed by atoms with Crippen molar-refractivity contribution in [2.24, 2.45) is 0 Å². The van der Waals surface area contributed by atoms with E-state index in [1.165, 1.54) is 0 Å². The number of rotatable bonds is 6. The third-order valence-corrected chi connectivity index (χ3v) is 6.08. The Balaban J connectivity index is 1.62. The maximum atomic E-state index is 12.6. The Labute approximate surface area is 188 Å². The third kappa shape index (κ3) is 4.44. The molecule has 0 radical (unpaired) electrons. The highest BCUT2D eigenvalue weighted by Gasteiger charge is 2.39. The summed E-state index contributed by atoms with van der Waals surface area (Å²) in [5.41, 5.74) is 2.40. The van der Waals surface area contributed by atoms with E-state index < -0.39 is 11.2 Å². The van der Waals surface area contributed by atoms with Crippen LogP contribution in [0.1, 0.15) is 52.7 Å². The van der Waals surface area contributed by atoms with Crippen LogP contribution in [0.2, 0.25) is 0 Å². The SMILES string of the molecule is CC1=C(C(=O)NCc2cccc(CNC(=O)C3=C(C)C(C)(C)OC3=N)c2)C(=N)OC1(C)C. The summed E-state index contributed by atoms with van der Waals surface area (Å²) in [6.45, 7) is 11.5. The van der Waals surface area contributed by atoms with E-state index in [-0.39, 0.29) is 47.8 Å². The first-order valence-electron chi connectivity index (χ1n) is 10.5. The molecular weight excluding hydrogens is 408 g/mol. The van der Waals surface area contributed by atoms with Crippen LogP contribution in [0.4, 0.5) is 0 Å². The smallest absolute Gasteiger partial charge is 0.257 e. The minimum atomic E-state index is -0.661. The molecule has 2 aliphatic heterocycles. The van der Waals surface area contributed by atoms with Gasteiger partial charge in [-0.3, -0.25) is 20.4 Å². The van der Waals surface area contributed by atoms with E-state index in [0.29, 0.717) is 0 Å². The van der Waals surface area contributed by atoms with Crippen molar-refractivity contribution in [2.75, 3.05) is 0 Å². The molecule has 0 unspecified atom stereocenters. The van der Waals surface area contributed by atoms with Gasteiger partial charge in [-0.1, -0.05) is 24.3 Å². The molecule has 2 amide bonds.